The summed E-state index contributed by atoms with van der Waals surface area (Å²) in [4.78, 5) is 24.9. The average Bonchev–Trinajstić information content (AvgIpc) is 2.54. The Morgan fingerprint density at radius 3 is 2.58 bits per heavy atom. The number of fused-ring (bicyclic) bond motifs is 1. The molecular weight excluding hydrogens is 330 g/mol. The van der Waals surface area contributed by atoms with Crippen LogP contribution in [0.1, 0.15) is 12.0 Å². The van der Waals surface area contributed by atoms with Crippen molar-refractivity contribution < 1.29 is 23.1 Å². The van der Waals surface area contributed by atoms with Gasteiger partial charge in [0, 0.05) is 0 Å². The third-order valence-electron chi connectivity index (χ3n) is 4.24. The molecule has 1 heterocycles. The summed E-state index contributed by atoms with van der Waals surface area (Å²) in [5.41, 5.74) is 0.755. The zero-order chi connectivity index (χ0) is 17.3. The number of hydrogen-bond acceptors (Lipinski definition) is 4. The van der Waals surface area contributed by atoms with Crippen molar-refractivity contribution in [3.63, 3.8) is 0 Å². The molecule has 1 atom stereocenters. The van der Waals surface area contributed by atoms with Crippen LogP contribution in [-0.4, -0.2) is 48.0 Å². The normalized spacial score (nSPS) is 20.0. The van der Waals surface area contributed by atoms with Gasteiger partial charge in [-0.15, -0.1) is 0 Å². The second-order valence-corrected chi connectivity index (χ2v) is 8.05. The smallest absolute Gasteiger partial charge is 0.326 e. The van der Waals surface area contributed by atoms with Crippen molar-refractivity contribution in [1.29, 1.82) is 0 Å². The van der Waals surface area contributed by atoms with E-state index in [0.29, 0.717) is 0 Å². The number of nitrogens with zero attached hydrogens (tertiary/aromatic N) is 1. The summed E-state index contributed by atoms with van der Waals surface area (Å²) in [7, 11) is -3.44. The highest BCUT2D eigenvalue weighted by Crippen LogP contribution is 2.22. The fourth-order valence-electron chi connectivity index (χ4n) is 3.03. The van der Waals surface area contributed by atoms with E-state index in [2.05, 4.69) is 0 Å². The lowest BCUT2D eigenvalue weighted by Crippen LogP contribution is -2.52. The molecule has 0 bridgehead atoms. The van der Waals surface area contributed by atoms with Crippen LogP contribution in [0.3, 0.4) is 0 Å². The monoisotopic (exact) mass is 347 g/mol. The first-order valence-corrected chi connectivity index (χ1v) is 9.39. The van der Waals surface area contributed by atoms with E-state index >= 15 is 0 Å². The first kappa shape index (κ1) is 16.4. The molecule has 1 aliphatic rings. The molecule has 0 spiro atoms. The molecule has 24 heavy (non-hydrogen) atoms. The molecule has 0 saturated carbocycles. The van der Waals surface area contributed by atoms with Crippen LogP contribution in [0.4, 0.5) is 0 Å². The van der Waals surface area contributed by atoms with Crippen molar-refractivity contribution >= 4 is 32.5 Å². The molecule has 0 aliphatic carbocycles. The Bertz CT molecular complexity index is 901. The van der Waals surface area contributed by atoms with Gasteiger partial charge in [-0.05, 0) is 22.8 Å². The molecule has 1 unspecified atom stereocenters. The highest BCUT2D eigenvalue weighted by atomic mass is 32.2. The summed E-state index contributed by atoms with van der Waals surface area (Å²) in [5, 5.41) is 11.2. The lowest BCUT2D eigenvalue weighted by molar-refractivity contribution is -0.149. The molecule has 126 valence electrons. The van der Waals surface area contributed by atoms with Gasteiger partial charge in [0.1, 0.15) is 11.9 Å². The van der Waals surface area contributed by atoms with Gasteiger partial charge in [-0.3, -0.25) is 4.79 Å². The summed E-state index contributed by atoms with van der Waals surface area (Å²) in [5.74, 6) is -2.39. The molecule has 1 fully saturated rings. The van der Waals surface area contributed by atoms with Gasteiger partial charge in [0.15, 0.2) is 9.84 Å². The minimum Gasteiger partial charge on any atom is -0.480 e. The van der Waals surface area contributed by atoms with Crippen LogP contribution in [0.5, 0.6) is 0 Å². The third-order valence-corrected chi connectivity index (χ3v) is 5.77. The van der Waals surface area contributed by atoms with Crippen LogP contribution in [0.2, 0.25) is 0 Å². The first-order chi connectivity index (χ1) is 11.4. The van der Waals surface area contributed by atoms with Crippen LogP contribution in [0, 0.1) is 0 Å². The van der Waals surface area contributed by atoms with Crippen molar-refractivity contribution in [2.45, 2.75) is 18.9 Å². The van der Waals surface area contributed by atoms with Crippen molar-refractivity contribution in [2.24, 2.45) is 0 Å². The second-order valence-electron chi connectivity index (χ2n) is 5.90. The molecule has 6 nitrogen and oxygen atoms in total. The highest BCUT2D eigenvalue weighted by Gasteiger charge is 2.38. The number of carboxylic acid groups (broad SMARTS) is 1. The van der Waals surface area contributed by atoms with Crippen molar-refractivity contribution in [1.82, 2.24) is 4.90 Å². The van der Waals surface area contributed by atoms with E-state index in [1.807, 2.05) is 36.4 Å². The Morgan fingerprint density at radius 1 is 1.12 bits per heavy atom. The molecule has 1 N–H and O–H groups in total. The van der Waals surface area contributed by atoms with Crippen molar-refractivity contribution in [3.05, 3.63) is 48.0 Å². The maximum atomic E-state index is 12.6. The zero-order valence-corrected chi connectivity index (χ0v) is 13.7. The van der Waals surface area contributed by atoms with E-state index in [1.165, 1.54) is 0 Å². The zero-order valence-electron chi connectivity index (χ0n) is 12.9. The predicted molar refractivity (Wildman–Crippen MR) is 89.2 cm³/mol. The Hall–Kier alpha value is -2.41. The van der Waals surface area contributed by atoms with E-state index in [1.54, 1.807) is 6.07 Å². The van der Waals surface area contributed by atoms with Gasteiger partial charge in [0.2, 0.25) is 5.91 Å². The number of rotatable bonds is 3. The van der Waals surface area contributed by atoms with E-state index in [9.17, 15) is 23.1 Å². The molecule has 0 radical (unpaired) electrons. The van der Waals surface area contributed by atoms with Crippen LogP contribution >= 0.6 is 0 Å². The largest absolute Gasteiger partial charge is 0.480 e. The van der Waals surface area contributed by atoms with Gasteiger partial charge in [-0.1, -0.05) is 42.5 Å². The Balaban J connectivity index is 1.90. The van der Waals surface area contributed by atoms with Gasteiger partial charge >= 0.3 is 5.97 Å². The lowest BCUT2D eigenvalue weighted by Gasteiger charge is -2.32. The van der Waals surface area contributed by atoms with Crippen molar-refractivity contribution in [3.8, 4) is 0 Å². The number of benzene rings is 2. The molecule has 2 aromatic rings. The van der Waals surface area contributed by atoms with Crippen LogP contribution < -0.4 is 0 Å². The topological polar surface area (TPSA) is 91.8 Å². The maximum absolute atomic E-state index is 12.6. The Labute approximate surface area is 139 Å². The molecule has 1 amide bonds. The van der Waals surface area contributed by atoms with E-state index in [0.717, 1.165) is 21.2 Å². The predicted octanol–water partition coefficient (Wildman–Crippen LogP) is 1.44. The van der Waals surface area contributed by atoms with Gasteiger partial charge < -0.3 is 10.0 Å². The number of carbonyl (C=O) groups is 2. The van der Waals surface area contributed by atoms with Crippen LogP contribution in [-0.2, 0) is 25.8 Å². The van der Waals surface area contributed by atoms with Gasteiger partial charge in [-0.2, -0.15) is 0 Å². The number of amides is 1. The minimum atomic E-state index is -3.44. The second kappa shape index (κ2) is 6.24. The van der Waals surface area contributed by atoms with Gasteiger partial charge in [-0.25, -0.2) is 13.2 Å². The summed E-state index contributed by atoms with van der Waals surface area (Å²) >= 11 is 0. The molecule has 1 saturated heterocycles. The number of hydrogen-bond donors (Lipinski definition) is 1. The summed E-state index contributed by atoms with van der Waals surface area (Å²) in [6, 6.07) is 12.0. The van der Waals surface area contributed by atoms with Crippen molar-refractivity contribution in [2.75, 3.05) is 11.6 Å². The Morgan fingerprint density at radius 2 is 1.83 bits per heavy atom. The van der Waals surface area contributed by atoms with Crippen LogP contribution in [0.25, 0.3) is 10.8 Å². The SMILES string of the molecule is O=C(O)C1CCS(=O)(=O)CN1C(=O)Cc1cccc2ccccc12. The average molecular weight is 347 g/mol. The van der Waals surface area contributed by atoms with E-state index in [4.69, 9.17) is 0 Å². The fourth-order valence-corrected chi connectivity index (χ4v) is 4.49. The number of aliphatic carboxylic acids is 1. The first-order valence-electron chi connectivity index (χ1n) is 7.57. The van der Waals surface area contributed by atoms with Crippen LogP contribution in [0.15, 0.2) is 42.5 Å². The maximum Gasteiger partial charge on any atom is 0.326 e. The number of carboxylic acids is 1. The number of carbonyl (C=O) groups excluding carboxylic acids is 1. The molecular formula is C17H17NO5S. The molecule has 7 heteroatoms. The minimum absolute atomic E-state index is 0.0271. The standard InChI is InChI=1S/C17H17NO5S/c19-16(18-11-24(22,23)9-8-15(18)17(20)21)10-13-6-3-5-12-4-1-2-7-14(12)13/h1-7,15H,8-11H2,(H,20,21). The van der Waals surface area contributed by atoms with E-state index in [-0.39, 0.29) is 18.6 Å². The van der Waals surface area contributed by atoms with Gasteiger partial charge in [0.05, 0.1) is 12.2 Å². The van der Waals surface area contributed by atoms with E-state index < -0.39 is 33.6 Å². The summed E-state index contributed by atoms with van der Waals surface area (Å²) < 4.78 is 23.6. The lowest BCUT2D eigenvalue weighted by atomic mass is 10.0. The summed E-state index contributed by atoms with van der Waals surface area (Å²) in [6.07, 6.45) is -0.0976. The molecule has 2 aromatic carbocycles. The quantitative estimate of drug-likeness (QED) is 0.907. The van der Waals surface area contributed by atoms with Gasteiger partial charge in [0.25, 0.3) is 0 Å². The molecule has 1 aliphatic heterocycles. The summed E-state index contributed by atoms with van der Waals surface area (Å²) in [6.45, 7) is 0. The Kier molecular flexibility index (Phi) is 4.28. The molecule has 3 rings (SSSR count). The molecule has 0 aromatic heterocycles. The number of sulfone groups is 1. The third kappa shape index (κ3) is 3.26. The highest BCUT2D eigenvalue weighted by molar-refractivity contribution is 7.91. The fraction of sp³-hybridized carbons (Fsp3) is 0.294.